The predicted octanol–water partition coefficient (Wildman–Crippen LogP) is 11.2. The maximum absolute atomic E-state index is 14.3. The molecule has 0 bridgehead atoms. The Morgan fingerprint density at radius 3 is 2.10 bits per heavy atom. The Bertz CT molecular complexity index is 2820. The number of ketones is 1. The van der Waals surface area contributed by atoms with Gasteiger partial charge >= 0.3 is 11.6 Å². The summed E-state index contributed by atoms with van der Waals surface area (Å²) < 4.78 is 100. The Morgan fingerprint density at radius 2 is 1.47 bits per heavy atom. The second-order valence-corrected chi connectivity index (χ2v) is 27.2. The lowest BCUT2D eigenvalue weighted by Crippen LogP contribution is -2.49. The van der Waals surface area contributed by atoms with E-state index in [1.165, 1.54) is 45.5 Å². The lowest BCUT2D eigenvalue weighted by atomic mass is 9.73. The number of sulfone groups is 2. The monoisotopic (exact) mass is 1150 g/mol. The number of hydrogen-bond donors (Lipinski definition) is 1. The van der Waals surface area contributed by atoms with Crippen molar-refractivity contribution in [1.29, 1.82) is 0 Å². The molecule has 3 aliphatic rings. The normalized spacial score (nSPS) is 17.9. The average molecular weight is 1150 g/mol. The molecule has 22 heteroatoms. The van der Waals surface area contributed by atoms with Gasteiger partial charge in [0.05, 0.1) is 10.6 Å². The molecule has 0 aromatic heterocycles. The van der Waals surface area contributed by atoms with Gasteiger partial charge in [-0.15, -0.1) is 11.8 Å². The van der Waals surface area contributed by atoms with Gasteiger partial charge in [0.2, 0.25) is 3.79 Å². The number of amides is 1. The molecule has 1 amide bonds. The van der Waals surface area contributed by atoms with E-state index in [0.29, 0.717) is 37.1 Å². The van der Waals surface area contributed by atoms with E-state index in [2.05, 4.69) is 41.1 Å². The highest BCUT2D eigenvalue weighted by Crippen LogP contribution is 2.43. The summed E-state index contributed by atoms with van der Waals surface area (Å²) in [6.45, 7) is 9.97. The molecular weight excluding hydrogens is 1090 g/mol. The number of carbonyl (C=O) groups is 2. The molecule has 2 aliphatic heterocycles. The van der Waals surface area contributed by atoms with Gasteiger partial charge in [-0.05, 0) is 109 Å². The number of piperazine rings is 2. The van der Waals surface area contributed by atoms with Crippen LogP contribution >= 0.6 is 58.2 Å². The highest BCUT2D eigenvalue weighted by atomic mass is 35.6. The largest absolute Gasteiger partial charge is 0.501 e. The van der Waals surface area contributed by atoms with Crippen LogP contribution in [0, 0.1) is 5.41 Å². The van der Waals surface area contributed by atoms with Gasteiger partial charge in [0.15, 0.2) is 15.6 Å². The number of ether oxygens (including phenoxy) is 1. The third-order valence-electron chi connectivity index (χ3n) is 13.3. The number of nitrogens with one attached hydrogen (secondary N) is 1. The fourth-order valence-electron chi connectivity index (χ4n) is 9.22. The topological polar surface area (TPSA) is 137 Å². The number of hydrogen-bond acceptors (Lipinski definition) is 12. The van der Waals surface area contributed by atoms with Gasteiger partial charge in [0.1, 0.15) is 17.3 Å². The summed E-state index contributed by atoms with van der Waals surface area (Å²) in [5, 5.41) is 3.69. The molecule has 1 N–H and O–H groups in total. The van der Waals surface area contributed by atoms with Crippen LogP contribution in [0.1, 0.15) is 55.5 Å². The molecule has 7 rings (SSSR count). The van der Waals surface area contributed by atoms with Crippen molar-refractivity contribution in [2.75, 3.05) is 93.8 Å². The maximum Gasteiger partial charge on any atom is 0.501 e. The first-order chi connectivity index (χ1) is 34.4. The average Bonchev–Trinajstić information content (AvgIpc) is 3.34. The number of Topliss-reactive ketones (excluding diaryl/α,β-unsaturated/α-hetero) is 1. The summed E-state index contributed by atoms with van der Waals surface area (Å²) >= 11 is 24.7. The molecule has 2 saturated heterocycles. The highest BCUT2D eigenvalue weighted by Gasteiger charge is 2.48. The third-order valence-corrected chi connectivity index (χ3v) is 18.2. The van der Waals surface area contributed by atoms with Gasteiger partial charge in [0.25, 0.3) is 9.84 Å². The minimum atomic E-state index is -6.11. The Kier molecular flexibility index (Phi) is 18.8. The first-order valence-corrected chi connectivity index (χ1v) is 29.4. The first-order valence-electron chi connectivity index (χ1n) is 23.8. The molecule has 4 aromatic carbocycles. The van der Waals surface area contributed by atoms with Crippen LogP contribution in [0.5, 0.6) is 0 Å². The van der Waals surface area contributed by atoms with E-state index in [0.717, 1.165) is 74.7 Å². The molecule has 0 radical (unpaired) electrons. The van der Waals surface area contributed by atoms with E-state index < -0.39 is 74.7 Å². The fourth-order valence-corrected chi connectivity index (χ4v) is 12.8. The number of nitrogens with zero attached hydrogens (tertiary/aromatic N) is 4. The van der Waals surface area contributed by atoms with E-state index in [4.69, 9.17) is 51.1 Å². The molecule has 396 valence electrons. The van der Waals surface area contributed by atoms with E-state index >= 15 is 0 Å². The van der Waals surface area contributed by atoms with Crippen LogP contribution in [0.25, 0.3) is 5.57 Å². The Morgan fingerprint density at radius 1 is 0.822 bits per heavy atom. The van der Waals surface area contributed by atoms with Crippen LogP contribution in [0.3, 0.4) is 0 Å². The maximum atomic E-state index is 14.3. The van der Waals surface area contributed by atoms with E-state index in [1.807, 2.05) is 47.4 Å². The van der Waals surface area contributed by atoms with Gasteiger partial charge in [-0.1, -0.05) is 96.2 Å². The minimum absolute atomic E-state index is 0.0779. The lowest BCUT2D eigenvalue weighted by Gasteiger charge is -2.39. The predicted molar refractivity (Wildman–Crippen MR) is 286 cm³/mol. The zero-order valence-corrected chi connectivity index (χ0v) is 45.8. The van der Waals surface area contributed by atoms with Crippen LogP contribution in [0.4, 0.5) is 29.3 Å². The molecule has 1 aliphatic carbocycles. The summed E-state index contributed by atoms with van der Waals surface area (Å²) in [5.74, 6) is -1.63. The molecule has 0 unspecified atom stereocenters. The minimum Gasteiger partial charge on any atom is -0.445 e. The van der Waals surface area contributed by atoms with Gasteiger partial charge in [-0.25, -0.2) is 21.6 Å². The summed E-state index contributed by atoms with van der Waals surface area (Å²) in [4.78, 5) is 33.0. The number of rotatable bonds is 18. The summed E-state index contributed by atoms with van der Waals surface area (Å²) in [7, 11) is -10.8. The van der Waals surface area contributed by atoms with Crippen molar-refractivity contribution in [3.8, 4) is 0 Å². The van der Waals surface area contributed by atoms with Gasteiger partial charge in [-0.3, -0.25) is 14.6 Å². The standard InChI is InChI=1S/C51H58Cl4F3N5O7S3/c1-49(2)20-18-44(36-8-12-39(52)13-9-36)38(31-49)32-61-24-26-62(27-25-61)41-14-10-37(11-15-41)46(64)34-72(66,67)43-16-17-45(47(30-43)73(68,69)51(56,57)58)59-40(33-71-42-6-4-3-5-7-42)19-21-60-22-28-63(29-23-60)48(65)70-35-50(53,54)55/h3-17,30,40,59H,18-29,31-35H2,1-2H3/t40-/m1/s1. The number of alkyl halides is 6. The molecule has 73 heavy (non-hydrogen) atoms. The van der Waals surface area contributed by atoms with E-state index in [-0.39, 0.29) is 29.8 Å². The van der Waals surface area contributed by atoms with Crippen LogP contribution in [-0.2, 0) is 24.4 Å². The summed E-state index contributed by atoms with van der Waals surface area (Å²) in [6, 6.07) is 25.6. The van der Waals surface area contributed by atoms with Gasteiger partial charge in [0, 0.05) is 98.4 Å². The number of halogens is 7. The Hall–Kier alpha value is -3.72. The van der Waals surface area contributed by atoms with Crippen LogP contribution < -0.4 is 10.2 Å². The number of carbonyl (C=O) groups excluding carboxylic acids is 2. The molecular formula is C51H58Cl4F3N5O7S3. The van der Waals surface area contributed by atoms with Crippen molar-refractivity contribution in [3.05, 3.63) is 119 Å². The second-order valence-electron chi connectivity index (χ2n) is 19.3. The Labute approximate surface area is 450 Å². The van der Waals surface area contributed by atoms with Crippen molar-refractivity contribution in [2.24, 2.45) is 5.41 Å². The molecule has 0 saturated carbocycles. The van der Waals surface area contributed by atoms with Crippen molar-refractivity contribution in [3.63, 3.8) is 0 Å². The zero-order chi connectivity index (χ0) is 52.8. The number of anilines is 2. The van der Waals surface area contributed by atoms with Gasteiger partial charge in [-0.2, -0.15) is 13.2 Å². The Balaban J connectivity index is 1.00. The molecule has 4 aromatic rings. The fraction of sp³-hybridized carbons (Fsp3) is 0.451. The second kappa shape index (κ2) is 24.1. The SMILES string of the molecule is CC1(C)CCC(c2ccc(Cl)cc2)=C(CN2CCN(c3ccc(C(=O)CS(=O)(=O)c4ccc(N[C@H](CCN5CCN(C(=O)OCC(Cl)(Cl)Cl)CC5)CSc5ccccc5)c(S(=O)(=O)C(F)(F)F)c4)cc3)CC2)C1. The quantitative estimate of drug-likeness (QED) is 0.0577. The van der Waals surface area contributed by atoms with Crippen molar-refractivity contribution in [2.45, 2.75) is 69.6 Å². The molecule has 12 nitrogen and oxygen atoms in total. The number of allylic oxidation sites excluding steroid dienone is 1. The number of thioether (sulfide) groups is 1. The highest BCUT2D eigenvalue weighted by molar-refractivity contribution is 7.99. The lowest BCUT2D eigenvalue weighted by molar-refractivity contribution is -0.0436. The molecule has 1 atom stereocenters. The smallest absolute Gasteiger partial charge is 0.445 e. The van der Waals surface area contributed by atoms with Crippen LogP contribution in [0.15, 0.2) is 117 Å². The first kappa shape index (κ1) is 57.0. The summed E-state index contributed by atoms with van der Waals surface area (Å²) in [5.41, 5.74) is -1.06. The molecule has 2 heterocycles. The summed E-state index contributed by atoms with van der Waals surface area (Å²) in [6.07, 6.45) is 2.79. The van der Waals surface area contributed by atoms with Gasteiger partial charge < -0.3 is 19.9 Å². The van der Waals surface area contributed by atoms with E-state index in [9.17, 15) is 39.6 Å². The zero-order valence-electron chi connectivity index (χ0n) is 40.4. The third kappa shape index (κ3) is 15.7. The molecule has 0 spiro atoms. The van der Waals surface area contributed by atoms with Crippen LogP contribution in [0.2, 0.25) is 5.02 Å². The molecule has 2 fully saturated rings. The van der Waals surface area contributed by atoms with Crippen LogP contribution in [-0.4, -0.2) is 142 Å². The van der Waals surface area contributed by atoms with Crippen molar-refractivity contribution >= 4 is 107 Å². The van der Waals surface area contributed by atoms with E-state index in [1.54, 1.807) is 12.1 Å². The number of benzene rings is 4. The van der Waals surface area contributed by atoms with Crippen molar-refractivity contribution in [1.82, 2.24) is 14.7 Å². The van der Waals surface area contributed by atoms with Crippen molar-refractivity contribution < 1.29 is 44.3 Å².